The van der Waals surface area contributed by atoms with Crippen LogP contribution in [0.25, 0.3) is 0 Å². The lowest BCUT2D eigenvalue weighted by Crippen LogP contribution is -2.17. The Morgan fingerprint density at radius 3 is 2.62 bits per heavy atom. The van der Waals surface area contributed by atoms with Gasteiger partial charge in [-0.3, -0.25) is 0 Å². The van der Waals surface area contributed by atoms with Crippen LogP contribution >= 0.6 is 0 Å². The van der Waals surface area contributed by atoms with Crippen molar-refractivity contribution in [3.63, 3.8) is 0 Å². The third-order valence-electron chi connectivity index (χ3n) is 2.98. The number of benzene rings is 2. The van der Waals surface area contributed by atoms with Gasteiger partial charge < -0.3 is 10.1 Å². The van der Waals surface area contributed by atoms with E-state index in [1.807, 2.05) is 6.07 Å². The average Bonchev–Trinajstić information content (AvgIpc) is 2.45. The van der Waals surface area contributed by atoms with Crippen molar-refractivity contribution in [2.24, 2.45) is 0 Å². The maximum Gasteiger partial charge on any atom is 0.387 e. The van der Waals surface area contributed by atoms with E-state index in [-0.39, 0.29) is 11.6 Å². The van der Waals surface area contributed by atoms with E-state index in [0.717, 1.165) is 5.56 Å². The van der Waals surface area contributed by atoms with Crippen molar-refractivity contribution in [2.75, 3.05) is 6.54 Å². The van der Waals surface area contributed by atoms with Crippen LogP contribution in [0, 0.1) is 5.82 Å². The molecule has 0 heterocycles. The Hall–Kier alpha value is -2.01. The van der Waals surface area contributed by atoms with Gasteiger partial charge in [-0.1, -0.05) is 30.3 Å². The molecule has 0 aromatic heterocycles. The van der Waals surface area contributed by atoms with Crippen LogP contribution in [-0.2, 0) is 13.0 Å². The molecule has 0 saturated heterocycles. The van der Waals surface area contributed by atoms with Crippen molar-refractivity contribution in [1.29, 1.82) is 0 Å². The summed E-state index contributed by atoms with van der Waals surface area (Å²) in [4.78, 5) is 0. The maximum atomic E-state index is 13.0. The highest BCUT2D eigenvalue weighted by atomic mass is 19.3. The van der Waals surface area contributed by atoms with Crippen molar-refractivity contribution in [1.82, 2.24) is 5.32 Å². The zero-order valence-corrected chi connectivity index (χ0v) is 11.4. The minimum absolute atomic E-state index is 0.172. The van der Waals surface area contributed by atoms with Crippen molar-refractivity contribution in [3.8, 4) is 5.75 Å². The van der Waals surface area contributed by atoms with Gasteiger partial charge in [-0.25, -0.2) is 4.39 Å². The first-order chi connectivity index (χ1) is 10.1. The second-order valence-corrected chi connectivity index (χ2v) is 4.54. The summed E-state index contributed by atoms with van der Waals surface area (Å²) in [6.07, 6.45) is 0.662. The Labute approximate surface area is 121 Å². The molecule has 112 valence electrons. The number of nitrogens with one attached hydrogen (secondary N) is 1. The van der Waals surface area contributed by atoms with Gasteiger partial charge in [0.25, 0.3) is 0 Å². The smallest absolute Gasteiger partial charge is 0.387 e. The van der Waals surface area contributed by atoms with Gasteiger partial charge in [0.05, 0.1) is 0 Å². The Morgan fingerprint density at radius 2 is 1.86 bits per heavy atom. The second-order valence-electron chi connectivity index (χ2n) is 4.54. The molecule has 0 aliphatic carbocycles. The number of hydrogen-bond donors (Lipinski definition) is 1. The minimum Gasteiger partial charge on any atom is -0.434 e. The van der Waals surface area contributed by atoms with Gasteiger partial charge >= 0.3 is 6.61 Å². The van der Waals surface area contributed by atoms with E-state index in [1.54, 1.807) is 24.3 Å². The molecule has 0 saturated carbocycles. The van der Waals surface area contributed by atoms with Crippen LogP contribution in [0.15, 0.2) is 48.5 Å². The van der Waals surface area contributed by atoms with Crippen molar-refractivity contribution >= 4 is 0 Å². The lowest BCUT2D eigenvalue weighted by atomic mass is 10.1. The molecule has 0 atom stereocenters. The van der Waals surface area contributed by atoms with Crippen molar-refractivity contribution < 1.29 is 17.9 Å². The number of rotatable bonds is 7. The first-order valence-electron chi connectivity index (χ1n) is 6.63. The van der Waals surface area contributed by atoms with Crippen LogP contribution in [0.3, 0.4) is 0 Å². The summed E-state index contributed by atoms with van der Waals surface area (Å²) in [5.41, 5.74) is 1.55. The molecule has 2 nitrogen and oxygen atoms in total. The topological polar surface area (TPSA) is 21.3 Å². The predicted molar refractivity (Wildman–Crippen MR) is 74.9 cm³/mol. The molecule has 2 aromatic carbocycles. The summed E-state index contributed by atoms with van der Waals surface area (Å²) in [6, 6.07) is 13.0. The van der Waals surface area contributed by atoms with Gasteiger partial charge in [-0.05, 0) is 36.7 Å². The van der Waals surface area contributed by atoms with E-state index in [2.05, 4.69) is 10.1 Å². The van der Waals surface area contributed by atoms with Gasteiger partial charge in [0.2, 0.25) is 0 Å². The summed E-state index contributed by atoms with van der Waals surface area (Å²) < 4.78 is 42.0. The van der Waals surface area contributed by atoms with Crippen LogP contribution in [0.5, 0.6) is 5.75 Å². The van der Waals surface area contributed by atoms with Crippen LogP contribution < -0.4 is 10.1 Å². The van der Waals surface area contributed by atoms with Gasteiger partial charge in [0, 0.05) is 12.1 Å². The molecule has 0 unspecified atom stereocenters. The predicted octanol–water partition coefficient (Wildman–Crippen LogP) is 3.76. The number of ether oxygens (including phenoxy) is 1. The number of hydrogen-bond acceptors (Lipinski definition) is 2. The van der Waals surface area contributed by atoms with E-state index >= 15 is 0 Å². The molecule has 0 aliphatic heterocycles. The Kier molecular flexibility index (Phi) is 5.63. The van der Waals surface area contributed by atoms with Gasteiger partial charge in [-0.2, -0.15) is 8.78 Å². The molecule has 1 N–H and O–H groups in total. The third kappa shape index (κ3) is 5.11. The molecule has 0 aliphatic rings. The Bertz CT molecular complexity index is 575. The first kappa shape index (κ1) is 15.4. The molecule has 5 heteroatoms. The van der Waals surface area contributed by atoms with Crippen molar-refractivity contribution in [2.45, 2.75) is 19.6 Å². The first-order valence-corrected chi connectivity index (χ1v) is 6.63. The highest BCUT2D eigenvalue weighted by Gasteiger charge is 2.08. The molecule has 0 spiro atoms. The van der Waals surface area contributed by atoms with Crippen LogP contribution in [0.1, 0.15) is 11.1 Å². The molecule has 21 heavy (non-hydrogen) atoms. The van der Waals surface area contributed by atoms with Gasteiger partial charge in [0.1, 0.15) is 11.6 Å². The third-order valence-corrected chi connectivity index (χ3v) is 2.98. The summed E-state index contributed by atoms with van der Waals surface area (Å²) >= 11 is 0. The molecule has 2 rings (SSSR count). The quantitative estimate of drug-likeness (QED) is 0.785. The lowest BCUT2D eigenvalue weighted by molar-refractivity contribution is -0.0504. The number of alkyl halides is 2. The molecule has 0 radical (unpaired) electrons. The van der Waals surface area contributed by atoms with E-state index in [1.165, 1.54) is 18.2 Å². The fraction of sp³-hybridized carbons (Fsp3) is 0.250. The summed E-state index contributed by atoms with van der Waals surface area (Å²) in [7, 11) is 0. The van der Waals surface area contributed by atoms with Crippen molar-refractivity contribution in [3.05, 3.63) is 65.5 Å². The van der Waals surface area contributed by atoms with E-state index in [4.69, 9.17) is 0 Å². The molecule has 0 amide bonds. The lowest BCUT2D eigenvalue weighted by Gasteiger charge is -2.11. The molecule has 2 aromatic rings. The molecule has 0 fully saturated rings. The Morgan fingerprint density at radius 1 is 1.05 bits per heavy atom. The number of para-hydroxylation sites is 1. The zero-order chi connectivity index (χ0) is 15.1. The fourth-order valence-electron chi connectivity index (χ4n) is 2.01. The summed E-state index contributed by atoms with van der Waals surface area (Å²) in [5.74, 6) is -0.0889. The zero-order valence-electron chi connectivity index (χ0n) is 11.4. The average molecular weight is 295 g/mol. The fourth-order valence-corrected chi connectivity index (χ4v) is 2.01. The second kappa shape index (κ2) is 7.69. The summed E-state index contributed by atoms with van der Waals surface area (Å²) in [6.45, 7) is -1.80. The molecule has 0 bridgehead atoms. The normalized spacial score (nSPS) is 10.9. The van der Waals surface area contributed by atoms with E-state index < -0.39 is 6.61 Å². The monoisotopic (exact) mass is 295 g/mol. The standard InChI is InChI=1S/C16H16F3NO/c17-14-6-3-4-12(10-14)8-9-20-11-13-5-1-2-7-15(13)21-16(18)19/h1-7,10,16,20H,8-9,11H2. The van der Waals surface area contributed by atoms with E-state index in [0.29, 0.717) is 25.1 Å². The summed E-state index contributed by atoms with van der Waals surface area (Å²) in [5, 5.41) is 3.14. The number of halogens is 3. The van der Waals surface area contributed by atoms with E-state index in [9.17, 15) is 13.2 Å². The Balaban J connectivity index is 1.83. The largest absolute Gasteiger partial charge is 0.434 e. The maximum absolute atomic E-state index is 13.0. The minimum atomic E-state index is -2.83. The molecular formula is C16H16F3NO. The van der Waals surface area contributed by atoms with Crippen LogP contribution in [0.4, 0.5) is 13.2 Å². The highest BCUT2D eigenvalue weighted by Crippen LogP contribution is 2.19. The van der Waals surface area contributed by atoms with Crippen LogP contribution in [0.2, 0.25) is 0 Å². The molecular weight excluding hydrogens is 279 g/mol. The van der Waals surface area contributed by atoms with Gasteiger partial charge in [-0.15, -0.1) is 0 Å². The highest BCUT2D eigenvalue weighted by molar-refractivity contribution is 5.33. The van der Waals surface area contributed by atoms with Gasteiger partial charge in [0.15, 0.2) is 0 Å². The SMILES string of the molecule is Fc1cccc(CCNCc2ccccc2OC(F)F)c1. The van der Waals surface area contributed by atoms with Crippen LogP contribution in [-0.4, -0.2) is 13.2 Å².